The quantitative estimate of drug-likeness (QED) is 0.723. The van der Waals surface area contributed by atoms with Crippen molar-refractivity contribution in [3.8, 4) is 0 Å². The molecule has 1 N–H and O–H groups in total. The number of fused-ring (bicyclic) bond motifs is 1. The van der Waals surface area contributed by atoms with Gasteiger partial charge in [0.05, 0.1) is 16.8 Å². The van der Waals surface area contributed by atoms with Crippen LogP contribution in [0.1, 0.15) is 28.1 Å². The van der Waals surface area contributed by atoms with Crippen molar-refractivity contribution in [1.29, 1.82) is 0 Å². The van der Waals surface area contributed by atoms with Crippen molar-refractivity contribution in [3.63, 3.8) is 0 Å². The van der Waals surface area contributed by atoms with Crippen molar-refractivity contribution in [1.82, 2.24) is 0 Å². The van der Waals surface area contributed by atoms with Crippen molar-refractivity contribution in [2.45, 2.75) is 24.7 Å². The van der Waals surface area contributed by atoms with Crippen molar-refractivity contribution < 1.29 is 17.6 Å². The van der Waals surface area contributed by atoms with Gasteiger partial charge in [0, 0.05) is 12.2 Å². The molecule has 0 saturated heterocycles. The first-order chi connectivity index (χ1) is 13.4. The van der Waals surface area contributed by atoms with E-state index in [1.54, 1.807) is 47.4 Å². The van der Waals surface area contributed by atoms with Gasteiger partial charge in [0.25, 0.3) is 15.9 Å². The molecule has 2 aromatic carbocycles. The Labute approximate surface area is 163 Å². The highest BCUT2D eigenvalue weighted by molar-refractivity contribution is 7.92. The van der Waals surface area contributed by atoms with Crippen LogP contribution in [0, 0.1) is 6.92 Å². The summed E-state index contributed by atoms with van der Waals surface area (Å²) in [6.45, 7) is 2.40. The Morgan fingerprint density at radius 3 is 2.71 bits per heavy atom. The van der Waals surface area contributed by atoms with E-state index >= 15 is 0 Å². The molecule has 0 atom stereocenters. The molecule has 2 heterocycles. The van der Waals surface area contributed by atoms with Crippen LogP contribution in [0.25, 0.3) is 0 Å². The molecule has 1 amide bonds. The molecule has 0 unspecified atom stereocenters. The zero-order valence-corrected chi connectivity index (χ0v) is 16.2. The van der Waals surface area contributed by atoms with Crippen molar-refractivity contribution in [3.05, 3.63) is 77.7 Å². The number of rotatable bonds is 4. The lowest BCUT2D eigenvalue weighted by Gasteiger charge is -2.29. The maximum atomic E-state index is 12.8. The maximum Gasteiger partial charge on any atom is 0.293 e. The topological polar surface area (TPSA) is 79.6 Å². The van der Waals surface area contributed by atoms with E-state index in [9.17, 15) is 13.2 Å². The van der Waals surface area contributed by atoms with Crippen LogP contribution < -0.4 is 9.62 Å². The molecular weight excluding hydrogens is 376 g/mol. The van der Waals surface area contributed by atoms with Gasteiger partial charge in [-0.3, -0.25) is 9.52 Å². The Morgan fingerprint density at radius 2 is 1.96 bits per heavy atom. The first-order valence-corrected chi connectivity index (χ1v) is 10.5. The van der Waals surface area contributed by atoms with Gasteiger partial charge < -0.3 is 9.32 Å². The van der Waals surface area contributed by atoms with Crippen LogP contribution in [-0.4, -0.2) is 20.9 Å². The molecule has 0 fully saturated rings. The number of carbonyl (C=O) groups is 1. The van der Waals surface area contributed by atoms with Gasteiger partial charge >= 0.3 is 0 Å². The average molecular weight is 396 g/mol. The third-order valence-corrected chi connectivity index (χ3v) is 6.11. The summed E-state index contributed by atoms with van der Waals surface area (Å²) in [6, 6.07) is 15.3. The van der Waals surface area contributed by atoms with Crippen LogP contribution in [0.2, 0.25) is 0 Å². The fraction of sp³-hybridized carbons (Fsp3) is 0.190. The molecule has 1 aliphatic heterocycles. The largest absolute Gasteiger partial charge is 0.459 e. The van der Waals surface area contributed by atoms with E-state index in [0.29, 0.717) is 17.9 Å². The normalized spacial score (nSPS) is 13.8. The monoisotopic (exact) mass is 396 g/mol. The first-order valence-electron chi connectivity index (χ1n) is 9.02. The minimum Gasteiger partial charge on any atom is -0.459 e. The number of aryl methyl sites for hydroxylation is 2. The molecule has 0 spiro atoms. The van der Waals surface area contributed by atoms with Gasteiger partial charge in [-0.15, -0.1) is 0 Å². The zero-order valence-electron chi connectivity index (χ0n) is 15.4. The number of furan rings is 1. The van der Waals surface area contributed by atoms with Crippen molar-refractivity contribution in [2.75, 3.05) is 16.2 Å². The Balaban J connectivity index is 1.66. The first kappa shape index (κ1) is 18.3. The van der Waals surface area contributed by atoms with E-state index in [2.05, 4.69) is 4.72 Å². The fourth-order valence-corrected chi connectivity index (χ4v) is 4.53. The second kappa shape index (κ2) is 7.16. The number of anilines is 2. The zero-order chi connectivity index (χ0) is 19.7. The lowest BCUT2D eigenvalue weighted by Crippen LogP contribution is -2.35. The summed E-state index contributed by atoms with van der Waals surface area (Å²) in [7, 11) is -3.72. The fourth-order valence-electron chi connectivity index (χ4n) is 3.38. The minimum atomic E-state index is -3.72. The molecule has 1 aliphatic rings. The minimum absolute atomic E-state index is 0.203. The highest BCUT2D eigenvalue weighted by Crippen LogP contribution is 2.32. The second-order valence-electron chi connectivity index (χ2n) is 6.80. The van der Waals surface area contributed by atoms with Crippen LogP contribution in [0.4, 0.5) is 11.4 Å². The Morgan fingerprint density at radius 1 is 1.11 bits per heavy atom. The van der Waals surface area contributed by atoms with Gasteiger partial charge in [-0.2, -0.15) is 0 Å². The predicted molar refractivity (Wildman–Crippen MR) is 107 cm³/mol. The van der Waals surface area contributed by atoms with Crippen LogP contribution >= 0.6 is 0 Å². The van der Waals surface area contributed by atoms with Crippen LogP contribution in [0.15, 0.2) is 70.2 Å². The van der Waals surface area contributed by atoms with Gasteiger partial charge in [0.2, 0.25) is 0 Å². The number of amides is 1. The van der Waals surface area contributed by atoms with Gasteiger partial charge in [0.15, 0.2) is 5.76 Å². The van der Waals surface area contributed by atoms with Crippen molar-refractivity contribution in [2.24, 2.45) is 0 Å². The Hall–Kier alpha value is -3.06. The molecule has 0 radical (unpaired) electrons. The average Bonchev–Trinajstić information content (AvgIpc) is 3.21. The summed E-state index contributed by atoms with van der Waals surface area (Å²) in [4.78, 5) is 14.6. The van der Waals surface area contributed by atoms with Gasteiger partial charge in [-0.1, -0.05) is 18.2 Å². The third kappa shape index (κ3) is 3.53. The molecule has 4 rings (SSSR count). The molecule has 28 heavy (non-hydrogen) atoms. The summed E-state index contributed by atoms with van der Waals surface area (Å²) < 4.78 is 33.3. The summed E-state index contributed by atoms with van der Waals surface area (Å²) in [6.07, 6.45) is 3.14. The molecule has 6 nitrogen and oxygen atoms in total. The van der Waals surface area contributed by atoms with E-state index in [-0.39, 0.29) is 16.6 Å². The molecular formula is C21H20N2O4S. The van der Waals surface area contributed by atoms with Crippen molar-refractivity contribution >= 4 is 27.3 Å². The van der Waals surface area contributed by atoms with Gasteiger partial charge in [-0.05, 0) is 67.3 Å². The van der Waals surface area contributed by atoms with Gasteiger partial charge in [0.1, 0.15) is 0 Å². The predicted octanol–water partition coefficient (Wildman–Crippen LogP) is 3.98. The highest BCUT2D eigenvalue weighted by atomic mass is 32.2. The number of nitrogens with zero attached hydrogens (tertiary/aromatic N) is 1. The molecule has 144 valence electrons. The summed E-state index contributed by atoms with van der Waals surface area (Å²) >= 11 is 0. The molecule has 3 aromatic rings. The molecule has 1 aromatic heterocycles. The SMILES string of the molecule is Cc1cccc(S(=O)(=O)Nc2ccc3c(c2)N(C(=O)c2ccco2)CCC3)c1. The highest BCUT2D eigenvalue weighted by Gasteiger charge is 2.26. The van der Waals surface area contributed by atoms with Gasteiger partial charge in [-0.25, -0.2) is 8.42 Å². The second-order valence-corrected chi connectivity index (χ2v) is 8.49. The number of nitrogens with one attached hydrogen (secondary N) is 1. The van der Waals surface area contributed by atoms with E-state index in [0.717, 1.165) is 24.0 Å². The Bertz CT molecular complexity index is 1120. The van der Waals surface area contributed by atoms with Crippen LogP contribution in [0.3, 0.4) is 0 Å². The third-order valence-electron chi connectivity index (χ3n) is 4.73. The maximum absolute atomic E-state index is 12.8. The molecule has 0 saturated carbocycles. The summed E-state index contributed by atoms with van der Waals surface area (Å²) in [5, 5.41) is 0. The standard InChI is InChI=1S/C21H20N2O4S/c1-15-5-2-7-18(13-15)28(25,26)22-17-10-9-16-6-3-11-23(19(16)14-17)21(24)20-8-4-12-27-20/h2,4-5,7-10,12-14,22H,3,6,11H2,1H3. The van der Waals surface area contributed by atoms with E-state index in [4.69, 9.17) is 4.42 Å². The van der Waals surface area contributed by atoms with Crippen LogP contribution in [0.5, 0.6) is 0 Å². The lowest BCUT2D eigenvalue weighted by atomic mass is 10.0. The molecule has 7 heteroatoms. The van der Waals surface area contributed by atoms with E-state index in [1.165, 1.54) is 6.26 Å². The lowest BCUT2D eigenvalue weighted by molar-refractivity contribution is 0.0958. The van der Waals surface area contributed by atoms with Crippen LogP contribution in [-0.2, 0) is 16.4 Å². The smallest absolute Gasteiger partial charge is 0.293 e. The number of hydrogen-bond donors (Lipinski definition) is 1. The van der Waals surface area contributed by atoms with E-state index < -0.39 is 10.0 Å². The number of benzene rings is 2. The summed E-state index contributed by atoms with van der Waals surface area (Å²) in [5.41, 5.74) is 2.99. The Kier molecular flexibility index (Phi) is 4.68. The number of sulfonamides is 1. The molecule has 0 bridgehead atoms. The molecule has 0 aliphatic carbocycles. The summed E-state index contributed by atoms with van der Waals surface area (Å²) in [5.74, 6) is 0.0308. The number of carbonyl (C=O) groups excluding carboxylic acids is 1. The van der Waals surface area contributed by atoms with E-state index in [1.807, 2.05) is 19.1 Å². The number of hydrogen-bond acceptors (Lipinski definition) is 4.